The fourth-order valence-corrected chi connectivity index (χ4v) is 5.85. The molecule has 0 bridgehead atoms. The Hall–Kier alpha value is -2.58. The minimum absolute atomic E-state index is 0.0368. The highest BCUT2D eigenvalue weighted by Crippen LogP contribution is 2.34. The highest BCUT2D eigenvalue weighted by atomic mass is 32.1. The van der Waals surface area contributed by atoms with Gasteiger partial charge in [0, 0.05) is 35.1 Å². The highest BCUT2D eigenvalue weighted by molar-refractivity contribution is 7.14. The summed E-state index contributed by atoms with van der Waals surface area (Å²) in [7, 11) is 0. The molecule has 2 aliphatic rings. The molecule has 5 rings (SSSR count). The number of aromatic nitrogens is 1. The summed E-state index contributed by atoms with van der Waals surface area (Å²) >= 11 is 1.53. The van der Waals surface area contributed by atoms with Crippen LogP contribution in [0.4, 0.5) is 10.1 Å². The van der Waals surface area contributed by atoms with Crippen molar-refractivity contribution in [3.8, 4) is 0 Å². The second-order valence-corrected chi connectivity index (χ2v) is 9.84. The molecule has 0 unspecified atom stereocenters. The van der Waals surface area contributed by atoms with Crippen molar-refractivity contribution < 1.29 is 18.5 Å². The molecule has 1 saturated heterocycles. The van der Waals surface area contributed by atoms with Crippen molar-refractivity contribution in [1.82, 2.24) is 10.1 Å². The van der Waals surface area contributed by atoms with Gasteiger partial charge in [-0.3, -0.25) is 9.59 Å². The molecule has 0 saturated carbocycles. The van der Waals surface area contributed by atoms with E-state index in [1.165, 1.54) is 23.5 Å². The van der Waals surface area contributed by atoms with E-state index in [0.29, 0.717) is 24.3 Å². The number of nitrogens with zero attached hydrogens (tertiary/aromatic N) is 2. The number of piperidine rings is 1. The fraction of sp³-hybridized carbons (Fsp3) is 0.458. The van der Waals surface area contributed by atoms with E-state index in [2.05, 4.69) is 15.4 Å². The first kappa shape index (κ1) is 21.3. The molecule has 1 aromatic carbocycles. The molecule has 0 aliphatic carbocycles. The smallest absolute Gasteiger partial charge is 0.224 e. The Labute approximate surface area is 189 Å². The summed E-state index contributed by atoms with van der Waals surface area (Å²) in [6, 6.07) is 6.45. The largest absolute Gasteiger partial charge is 0.356 e. The predicted octanol–water partition coefficient (Wildman–Crippen LogP) is 5.15. The fourth-order valence-electron chi connectivity index (χ4n) is 4.72. The van der Waals surface area contributed by atoms with E-state index in [1.54, 1.807) is 6.07 Å². The number of Topliss-reactive ketones (excluding diaryl/α,β-unsaturated/α-hetero) is 1. The Bertz CT molecular complexity index is 1150. The molecule has 2 aliphatic heterocycles. The van der Waals surface area contributed by atoms with Gasteiger partial charge in [-0.25, -0.2) is 4.39 Å². The molecule has 1 amide bonds. The van der Waals surface area contributed by atoms with E-state index in [0.717, 1.165) is 78.3 Å². The molecule has 8 heteroatoms. The van der Waals surface area contributed by atoms with Crippen molar-refractivity contribution in [2.45, 2.75) is 50.9 Å². The van der Waals surface area contributed by atoms with Crippen molar-refractivity contribution in [2.75, 3.05) is 25.0 Å². The molecule has 4 heterocycles. The number of benzene rings is 1. The number of fused-ring (bicyclic) bond motifs is 2. The molecule has 6 nitrogen and oxygen atoms in total. The first-order valence-electron chi connectivity index (χ1n) is 11.3. The van der Waals surface area contributed by atoms with Crippen LogP contribution in [-0.4, -0.2) is 41.4 Å². The van der Waals surface area contributed by atoms with E-state index >= 15 is 0 Å². The maximum atomic E-state index is 13.4. The lowest BCUT2D eigenvalue weighted by atomic mass is 9.91. The van der Waals surface area contributed by atoms with Crippen molar-refractivity contribution in [2.24, 2.45) is 0 Å². The zero-order chi connectivity index (χ0) is 22.1. The quantitative estimate of drug-likeness (QED) is 0.521. The summed E-state index contributed by atoms with van der Waals surface area (Å²) < 4.78 is 18.7. The molecule has 0 radical (unpaired) electrons. The first-order valence-corrected chi connectivity index (χ1v) is 12.1. The van der Waals surface area contributed by atoms with Gasteiger partial charge in [0.15, 0.2) is 11.4 Å². The van der Waals surface area contributed by atoms with Crippen LogP contribution < -0.4 is 5.32 Å². The number of aryl methyl sites for hydroxylation is 1. The highest BCUT2D eigenvalue weighted by Gasteiger charge is 2.25. The number of rotatable bonds is 6. The van der Waals surface area contributed by atoms with Crippen LogP contribution in [0.2, 0.25) is 0 Å². The monoisotopic (exact) mass is 455 g/mol. The van der Waals surface area contributed by atoms with E-state index < -0.39 is 0 Å². The minimum atomic E-state index is -0.312. The third-order valence-electron chi connectivity index (χ3n) is 6.48. The van der Waals surface area contributed by atoms with Crippen LogP contribution in [0.5, 0.6) is 0 Å². The van der Waals surface area contributed by atoms with Gasteiger partial charge in [0.05, 0.1) is 16.3 Å². The third-order valence-corrected chi connectivity index (χ3v) is 7.72. The van der Waals surface area contributed by atoms with Gasteiger partial charge < -0.3 is 14.7 Å². The normalized spacial score (nSPS) is 17.8. The molecule has 2 aromatic heterocycles. The average molecular weight is 456 g/mol. The maximum absolute atomic E-state index is 13.4. The number of hydrogen-bond donors (Lipinski definition) is 1. The van der Waals surface area contributed by atoms with Crippen LogP contribution in [0.25, 0.3) is 11.0 Å². The van der Waals surface area contributed by atoms with Crippen LogP contribution >= 0.6 is 11.3 Å². The lowest BCUT2D eigenvalue weighted by Crippen LogP contribution is -2.34. The van der Waals surface area contributed by atoms with Gasteiger partial charge in [-0.2, -0.15) is 0 Å². The molecule has 1 fully saturated rings. The number of carbonyl (C=O) groups excluding carboxylic acids is 2. The van der Waals surface area contributed by atoms with E-state index in [9.17, 15) is 14.0 Å². The second-order valence-electron chi connectivity index (χ2n) is 8.70. The number of halogens is 1. The summed E-state index contributed by atoms with van der Waals surface area (Å²) in [4.78, 5) is 28.7. The first-order chi connectivity index (χ1) is 15.6. The Balaban J connectivity index is 1.10. The number of ketones is 1. The maximum Gasteiger partial charge on any atom is 0.224 e. The number of likely N-dealkylation sites (tertiary alicyclic amines) is 1. The molecular weight excluding hydrogens is 429 g/mol. The Morgan fingerprint density at radius 1 is 1.25 bits per heavy atom. The van der Waals surface area contributed by atoms with Crippen molar-refractivity contribution >= 4 is 39.7 Å². The van der Waals surface area contributed by atoms with Gasteiger partial charge in [0.2, 0.25) is 5.91 Å². The summed E-state index contributed by atoms with van der Waals surface area (Å²) in [6.07, 6.45) is 5.54. The van der Waals surface area contributed by atoms with Gasteiger partial charge in [-0.15, -0.1) is 11.3 Å². The van der Waals surface area contributed by atoms with Crippen LogP contribution in [0.1, 0.15) is 64.7 Å². The number of carbonyl (C=O) groups is 2. The summed E-state index contributed by atoms with van der Waals surface area (Å²) in [5.74, 6) is 0.201. The minimum Gasteiger partial charge on any atom is -0.356 e. The topological polar surface area (TPSA) is 75.4 Å². The number of anilines is 1. The van der Waals surface area contributed by atoms with E-state index in [1.807, 2.05) is 6.07 Å². The molecule has 32 heavy (non-hydrogen) atoms. The Morgan fingerprint density at radius 2 is 2.09 bits per heavy atom. The van der Waals surface area contributed by atoms with Gasteiger partial charge in [-0.05, 0) is 69.9 Å². The number of amides is 1. The number of thiophene rings is 1. The van der Waals surface area contributed by atoms with Crippen molar-refractivity contribution in [1.29, 1.82) is 0 Å². The molecular formula is C24H26FN3O3S. The molecule has 1 N–H and O–H groups in total. The van der Waals surface area contributed by atoms with Crippen molar-refractivity contribution in [3.63, 3.8) is 0 Å². The van der Waals surface area contributed by atoms with Crippen LogP contribution in [0.3, 0.4) is 0 Å². The average Bonchev–Trinajstić information content (AvgIpc) is 3.33. The van der Waals surface area contributed by atoms with Crippen molar-refractivity contribution in [3.05, 3.63) is 45.5 Å². The number of nitrogens with one attached hydrogen (secondary N) is 1. The summed E-state index contributed by atoms with van der Waals surface area (Å²) in [5.41, 5.74) is 2.26. The molecule has 3 aromatic rings. The van der Waals surface area contributed by atoms with Gasteiger partial charge in [0.25, 0.3) is 0 Å². The Morgan fingerprint density at radius 3 is 2.94 bits per heavy atom. The second kappa shape index (κ2) is 9.11. The van der Waals surface area contributed by atoms with Crippen LogP contribution in [-0.2, 0) is 11.2 Å². The van der Waals surface area contributed by atoms with E-state index in [4.69, 9.17) is 4.52 Å². The molecule has 0 spiro atoms. The number of hydrogen-bond acceptors (Lipinski definition) is 6. The summed E-state index contributed by atoms with van der Waals surface area (Å²) in [6.45, 7) is 2.80. The molecule has 0 atom stereocenters. The predicted molar refractivity (Wildman–Crippen MR) is 122 cm³/mol. The van der Waals surface area contributed by atoms with Crippen LogP contribution in [0.15, 0.2) is 28.8 Å². The molecule has 168 valence electrons. The lowest BCUT2D eigenvalue weighted by molar-refractivity contribution is -0.116. The zero-order valence-electron chi connectivity index (χ0n) is 17.9. The van der Waals surface area contributed by atoms with Gasteiger partial charge >= 0.3 is 0 Å². The lowest BCUT2D eigenvalue weighted by Gasteiger charge is -2.31. The van der Waals surface area contributed by atoms with Crippen LogP contribution in [0, 0.1) is 5.82 Å². The SMILES string of the molecule is O=C1CCCc2sc(C(=O)CCCN3CCC(c4noc5cc(F)ccc45)CC3)cc2N1. The van der Waals surface area contributed by atoms with E-state index in [-0.39, 0.29) is 17.5 Å². The van der Waals surface area contributed by atoms with Gasteiger partial charge in [0.1, 0.15) is 5.82 Å². The zero-order valence-corrected chi connectivity index (χ0v) is 18.7. The standard InChI is InChI=1S/C24H26FN3O3S/c25-16-6-7-17-20(13-16)31-27-24(17)15-8-11-28(12-9-15)10-2-3-19(29)22-14-18-21(32-22)4-1-5-23(30)26-18/h6-7,13-15H,1-5,8-12H2,(H,26,30). The Kier molecular flexibility index (Phi) is 6.06. The third kappa shape index (κ3) is 4.47. The van der Waals surface area contributed by atoms with Gasteiger partial charge in [-0.1, -0.05) is 5.16 Å². The summed E-state index contributed by atoms with van der Waals surface area (Å²) in [5, 5.41) is 8.03.